The highest BCUT2D eigenvalue weighted by atomic mass is 35.5. The molecule has 0 atom stereocenters. The zero-order chi connectivity index (χ0) is 8.23. The van der Waals surface area contributed by atoms with E-state index in [4.69, 9.17) is 0 Å². The van der Waals surface area contributed by atoms with Crippen molar-refractivity contribution >= 4 is 99.3 Å². The average molecular weight is 446 g/mol. The molecule has 0 bridgehead atoms. The molecular formula is C12H18Cl8. The summed E-state index contributed by atoms with van der Waals surface area (Å²) in [5.74, 6) is 0. The van der Waals surface area contributed by atoms with E-state index in [0.29, 0.717) is 0 Å². The van der Waals surface area contributed by atoms with Crippen LogP contribution in [0.4, 0.5) is 0 Å². The zero-order valence-corrected chi connectivity index (χ0v) is 16.6. The van der Waals surface area contributed by atoms with E-state index < -0.39 is 0 Å². The van der Waals surface area contributed by atoms with Crippen LogP contribution in [-0.4, -0.2) is 0 Å². The average Bonchev–Trinajstić information content (AvgIpc) is 2.21. The molecule has 0 N–H and O–H groups in total. The van der Waals surface area contributed by atoms with Gasteiger partial charge in [-0.3, -0.25) is 0 Å². The lowest BCUT2D eigenvalue weighted by Gasteiger charge is -1.98. The molecule has 0 heterocycles. The van der Waals surface area contributed by atoms with Crippen LogP contribution in [0.2, 0.25) is 0 Å². The minimum atomic E-state index is 0. The summed E-state index contributed by atoms with van der Waals surface area (Å²) in [6, 6.07) is 20.8. The Kier molecular flexibility index (Phi) is 53.0. The molecule has 2 aromatic rings. The summed E-state index contributed by atoms with van der Waals surface area (Å²) in [7, 11) is 0. The molecule has 0 aliphatic rings. The third kappa shape index (κ3) is 13.7. The van der Waals surface area contributed by atoms with Crippen LogP contribution < -0.4 is 0 Å². The molecule has 0 amide bonds. The monoisotopic (exact) mass is 442 g/mol. The molecule has 2 aromatic carbocycles. The van der Waals surface area contributed by atoms with Crippen LogP contribution in [0.1, 0.15) is 0 Å². The Balaban J connectivity index is -0.0000000422. The zero-order valence-electron chi connectivity index (χ0n) is 10.0. The maximum absolute atomic E-state index is 2.12. The van der Waals surface area contributed by atoms with Crippen molar-refractivity contribution in [2.45, 2.75) is 0 Å². The minimum absolute atomic E-state index is 0. The van der Waals surface area contributed by atoms with E-state index in [1.54, 1.807) is 0 Å². The van der Waals surface area contributed by atoms with Crippen molar-refractivity contribution in [3.63, 3.8) is 0 Å². The summed E-state index contributed by atoms with van der Waals surface area (Å²) < 4.78 is 0. The number of benzene rings is 2. The standard InChI is InChI=1S/C12H10.8ClH/c1-3-7-11(8-4-1)12-9-5-2-6-10-12;;;;;;;;/h1-10H;8*1H. The summed E-state index contributed by atoms with van der Waals surface area (Å²) in [5, 5.41) is 0. The second-order valence-electron chi connectivity index (χ2n) is 2.73. The smallest absolute Gasteiger partial charge is 0.0184 e. The largest absolute Gasteiger partial charge is 0.147 e. The maximum Gasteiger partial charge on any atom is -0.0184 e. The molecule has 0 aliphatic carbocycles. The van der Waals surface area contributed by atoms with Gasteiger partial charge in [-0.15, -0.1) is 99.3 Å². The Morgan fingerprint density at radius 1 is 0.300 bits per heavy atom. The van der Waals surface area contributed by atoms with Gasteiger partial charge in [0.15, 0.2) is 0 Å². The van der Waals surface area contributed by atoms with Gasteiger partial charge in [0.05, 0.1) is 0 Å². The van der Waals surface area contributed by atoms with Gasteiger partial charge in [0.1, 0.15) is 0 Å². The van der Waals surface area contributed by atoms with Gasteiger partial charge in [0, 0.05) is 0 Å². The normalized spacial score (nSPS) is 5.80. The van der Waals surface area contributed by atoms with Crippen molar-refractivity contribution in [2.24, 2.45) is 0 Å². The van der Waals surface area contributed by atoms with E-state index in [1.165, 1.54) is 11.1 Å². The fraction of sp³-hybridized carbons (Fsp3) is 0. The quantitative estimate of drug-likeness (QED) is 0.456. The van der Waals surface area contributed by atoms with E-state index in [1.807, 2.05) is 12.1 Å². The number of hydrogen-bond donors (Lipinski definition) is 0. The second kappa shape index (κ2) is 24.8. The van der Waals surface area contributed by atoms with Gasteiger partial charge in [-0.1, -0.05) is 60.7 Å². The van der Waals surface area contributed by atoms with E-state index in [-0.39, 0.29) is 99.3 Å². The SMILES string of the molecule is Cl.Cl.Cl.Cl.Cl.Cl.Cl.Cl.c1ccc(-c2ccccc2)cc1. The fourth-order valence-electron chi connectivity index (χ4n) is 1.26. The molecule has 0 nitrogen and oxygen atoms in total. The molecular weight excluding hydrogens is 428 g/mol. The molecule has 0 unspecified atom stereocenters. The van der Waals surface area contributed by atoms with Gasteiger partial charge >= 0.3 is 0 Å². The van der Waals surface area contributed by atoms with Crippen LogP contribution in [0, 0.1) is 0 Å². The Morgan fingerprint density at radius 3 is 0.700 bits per heavy atom. The van der Waals surface area contributed by atoms with Gasteiger partial charge in [0.25, 0.3) is 0 Å². The molecule has 8 heteroatoms. The van der Waals surface area contributed by atoms with Gasteiger partial charge < -0.3 is 0 Å². The summed E-state index contributed by atoms with van der Waals surface area (Å²) in [6.45, 7) is 0. The van der Waals surface area contributed by atoms with E-state index >= 15 is 0 Å². The Labute approximate surface area is 170 Å². The minimum Gasteiger partial charge on any atom is -0.147 e. The lowest BCUT2D eigenvalue weighted by molar-refractivity contribution is 1.62. The van der Waals surface area contributed by atoms with Crippen molar-refractivity contribution in [1.29, 1.82) is 0 Å². The first kappa shape index (κ1) is 42.8. The van der Waals surface area contributed by atoms with E-state index in [9.17, 15) is 0 Å². The third-order valence-corrected chi connectivity index (χ3v) is 1.88. The first-order chi connectivity index (χ1) is 5.97. The van der Waals surface area contributed by atoms with Gasteiger partial charge in [-0.2, -0.15) is 0 Å². The summed E-state index contributed by atoms with van der Waals surface area (Å²) in [6.07, 6.45) is 0. The van der Waals surface area contributed by atoms with Gasteiger partial charge in [-0.05, 0) is 11.1 Å². The van der Waals surface area contributed by atoms with E-state index in [0.717, 1.165) is 0 Å². The van der Waals surface area contributed by atoms with Gasteiger partial charge in [0.2, 0.25) is 0 Å². The third-order valence-electron chi connectivity index (χ3n) is 1.88. The number of halogens is 8. The molecule has 20 heavy (non-hydrogen) atoms. The van der Waals surface area contributed by atoms with Crippen LogP contribution in [0.5, 0.6) is 0 Å². The Bertz CT molecular complexity index is 317. The van der Waals surface area contributed by atoms with E-state index in [2.05, 4.69) is 48.5 Å². The van der Waals surface area contributed by atoms with Crippen molar-refractivity contribution in [3.05, 3.63) is 60.7 Å². The predicted octanol–water partition coefficient (Wildman–Crippen LogP) is 6.73. The molecule has 0 fully saturated rings. The summed E-state index contributed by atoms with van der Waals surface area (Å²) >= 11 is 0. The van der Waals surface area contributed by atoms with Gasteiger partial charge in [-0.25, -0.2) is 0 Å². The topological polar surface area (TPSA) is 0 Å². The first-order valence-corrected chi connectivity index (χ1v) is 4.07. The van der Waals surface area contributed by atoms with Crippen molar-refractivity contribution in [2.75, 3.05) is 0 Å². The molecule has 0 aliphatic heterocycles. The van der Waals surface area contributed by atoms with Crippen LogP contribution in [0.3, 0.4) is 0 Å². The van der Waals surface area contributed by atoms with Crippen LogP contribution in [-0.2, 0) is 0 Å². The second-order valence-corrected chi connectivity index (χ2v) is 2.73. The fourth-order valence-corrected chi connectivity index (χ4v) is 1.26. The Hall–Kier alpha value is 0.760. The molecule has 0 radical (unpaired) electrons. The first-order valence-electron chi connectivity index (χ1n) is 4.07. The molecule has 122 valence electrons. The number of hydrogen-bond acceptors (Lipinski definition) is 0. The highest BCUT2D eigenvalue weighted by Gasteiger charge is 1.91. The lowest BCUT2D eigenvalue weighted by atomic mass is 10.1. The maximum atomic E-state index is 2.12. The molecule has 0 aromatic heterocycles. The molecule has 2 rings (SSSR count). The van der Waals surface area contributed by atoms with Crippen molar-refractivity contribution in [3.8, 4) is 11.1 Å². The predicted molar refractivity (Wildman–Crippen MR) is 110 cm³/mol. The highest BCUT2D eigenvalue weighted by Crippen LogP contribution is 2.17. The van der Waals surface area contributed by atoms with Crippen molar-refractivity contribution < 1.29 is 0 Å². The van der Waals surface area contributed by atoms with Crippen molar-refractivity contribution in [1.82, 2.24) is 0 Å². The number of rotatable bonds is 1. The molecule has 0 saturated heterocycles. The summed E-state index contributed by atoms with van der Waals surface area (Å²) in [4.78, 5) is 0. The van der Waals surface area contributed by atoms with Crippen LogP contribution >= 0.6 is 99.3 Å². The summed E-state index contributed by atoms with van der Waals surface area (Å²) in [5.41, 5.74) is 2.55. The molecule has 0 saturated carbocycles. The molecule has 0 spiro atoms. The highest BCUT2D eigenvalue weighted by molar-refractivity contribution is 5.86. The lowest BCUT2D eigenvalue weighted by Crippen LogP contribution is -1.73. The van der Waals surface area contributed by atoms with Crippen LogP contribution in [0.15, 0.2) is 60.7 Å². The van der Waals surface area contributed by atoms with Crippen LogP contribution in [0.25, 0.3) is 11.1 Å². The Morgan fingerprint density at radius 2 is 0.500 bits per heavy atom.